The standard InChI is InChI=1S/C15H14F3NS/c1-2-3-10-4-6-11(7-5-10)13-8-12(15(16,17)18)9-14(20)19-13/h4-9H,2-3H2,1H3,(H,19,20). The number of rotatable bonds is 3. The van der Waals surface area contributed by atoms with Crippen LogP contribution in [0.2, 0.25) is 0 Å². The predicted octanol–water partition coefficient (Wildman–Crippen LogP) is 5.38. The Morgan fingerprint density at radius 3 is 2.30 bits per heavy atom. The molecule has 2 rings (SSSR count). The minimum atomic E-state index is -4.39. The molecule has 0 bridgehead atoms. The average Bonchev–Trinajstić information content (AvgIpc) is 2.38. The van der Waals surface area contributed by atoms with E-state index in [-0.39, 0.29) is 4.64 Å². The molecule has 1 heterocycles. The molecular formula is C15H14F3NS. The molecule has 0 saturated carbocycles. The Morgan fingerprint density at radius 2 is 1.75 bits per heavy atom. The fraction of sp³-hybridized carbons (Fsp3) is 0.267. The smallest absolute Gasteiger partial charge is 0.346 e. The number of H-pyrrole nitrogens is 1. The van der Waals surface area contributed by atoms with Crippen molar-refractivity contribution in [1.29, 1.82) is 0 Å². The van der Waals surface area contributed by atoms with Gasteiger partial charge in [0.25, 0.3) is 0 Å². The van der Waals surface area contributed by atoms with Crippen LogP contribution in [0.1, 0.15) is 24.5 Å². The molecule has 1 aromatic heterocycles. The highest BCUT2D eigenvalue weighted by molar-refractivity contribution is 7.71. The van der Waals surface area contributed by atoms with E-state index >= 15 is 0 Å². The molecule has 0 spiro atoms. The van der Waals surface area contributed by atoms with Gasteiger partial charge in [-0.05, 0) is 29.7 Å². The highest BCUT2D eigenvalue weighted by Gasteiger charge is 2.31. The SMILES string of the molecule is CCCc1ccc(-c2cc(C(F)(F)F)cc(=S)[nH]2)cc1. The molecule has 0 fully saturated rings. The van der Waals surface area contributed by atoms with Crippen LogP contribution >= 0.6 is 12.2 Å². The molecule has 0 aliphatic heterocycles. The lowest BCUT2D eigenvalue weighted by Crippen LogP contribution is -2.05. The maximum atomic E-state index is 12.8. The summed E-state index contributed by atoms with van der Waals surface area (Å²) in [4.78, 5) is 2.80. The topological polar surface area (TPSA) is 15.8 Å². The van der Waals surface area contributed by atoms with E-state index in [0.29, 0.717) is 11.3 Å². The lowest BCUT2D eigenvalue weighted by molar-refractivity contribution is -0.137. The Morgan fingerprint density at radius 1 is 1.10 bits per heavy atom. The summed E-state index contributed by atoms with van der Waals surface area (Å²) in [5.74, 6) is 0. The number of halogens is 3. The van der Waals surface area contributed by atoms with Gasteiger partial charge in [-0.15, -0.1) is 0 Å². The second-order valence-electron chi connectivity index (χ2n) is 4.59. The Kier molecular flexibility index (Phi) is 4.28. The van der Waals surface area contributed by atoms with Gasteiger partial charge >= 0.3 is 6.18 Å². The summed E-state index contributed by atoms with van der Waals surface area (Å²) in [5, 5.41) is 0. The van der Waals surface area contributed by atoms with E-state index < -0.39 is 11.7 Å². The van der Waals surface area contributed by atoms with Crippen molar-refractivity contribution in [2.45, 2.75) is 25.9 Å². The van der Waals surface area contributed by atoms with Crippen molar-refractivity contribution in [3.05, 3.63) is 52.2 Å². The molecule has 1 N–H and O–H groups in total. The van der Waals surface area contributed by atoms with Crippen molar-refractivity contribution < 1.29 is 13.2 Å². The Hall–Kier alpha value is -1.62. The lowest BCUT2D eigenvalue weighted by Gasteiger charge is -2.09. The molecule has 0 unspecified atom stereocenters. The maximum Gasteiger partial charge on any atom is 0.416 e. The number of alkyl halides is 3. The molecule has 0 atom stereocenters. The Balaban J connectivity index is 2.42. The van der Waals surface area contributed by atoms with Crippen LogP contribution in [-0.4, -0.2) is 4.98 Å². The molecule has 106 valence electrons. The highest BCUT2D eigenvalue weighted by Crippen LogP contribution is 2.31. The van der Waals surface area contributed by atoms with Crippen LogP contribution < -0.4 is 0 Å². The summed E-state index contributed by atoms with van der Waals surface area (Å²) in [6, 6.07) is 9.50. The molecule has 2 aromatic rings. The van der Waals surface area contributed by atoms with E-state index in [2.05, 4.69) is 11.9 Å². The summed E-state index contributed by atoms with van der Waals surface area (Å²) in [7, 11) is 0. The molecule has 1 aromatic carbocycles. The molecule has 1 nitrogen and oxygen atoms in total. The quantitative estimate of drug-likeness (QED) is 0.752. The third-order valence-corrected chi connectivity index (χ3v) is 3.20. The van der Waals surface area contributed by atoms with Crippen LogP contribution in [0.3, 0.4) is 0 Å². The van der Waals surface area contributed by atoms with Crippen molar-refractivity contribution in [2.75, 3.05) is 0 Å². The van der Waals surface area contributed by atoms with Gasteiger partial charge in [-0.1, -0.05) is 49.8 Å². The van der Waals surface area contributed by atoms with E-state index in [9.17, 15) is 13.2 Å². The van der Waals surface area contributed by atoms with Crippen LogP contribution in [0.15, 0.2) is 36.4 Å². The number of pyridine rings is 1. The van der Waals surface area contributed by atoms with Crippen molar-refractivity contribution in [1.82, 2.24) is 4.98 Å². The van der Waals surface area contributed by atoms with Crippen LogP contribution in [-0.2, 0) is 12.6 Å². The average molecular weight is 297 g/mol. The first-order valence-corrected chi connectivity index (χ1v) is 6.72. The van der Waals surface area contributed by atoms with Gasteiger partial charge in [-0.2, -0.15) is 13.2 Å². The molecule has 5 heteroatoms. The summed E-state index contributed by atoms with van der Waals surface area (Å²) in [6.45, 7) is 2.08. The molecule has 20 heavy (non-hydrogen) atoms. The van der Waals surface area contributed by atoms with Gasteiger partial charge in [0.1, 0.15) is 4.64 Å². The molecular weight excluding hydrogens is 283 g/mol. The third kappa shape index (κ3) is 3.48. The highest BCUT2D eigenvalue weighted by atomic mass is 32.1. The molecule has 0 aliphatic rings. The van der Waals surface area contributed by atoms with E-state index in [4.69, 9.17) is 12.2 Å². The minimum Gasteiger partial charge on any atom is -0.346 e. The molecule has 0 amide bonds. The van der Waals surface area contributed by atoms with Gasteiger partial charge in [0.05, 0.1) is 5.56 Å². The normalized spacial score (nSPS) is 11.6. The van der Waals surface area contributed by atoms with E-state index in [0.717, 1.165) is 25.0 Å². The number of benzene rings is 1. The number of nitrogens with one attached hydrogen (secondary N) is 1. The monoisotopic (exact) mass is 297 g/mol. The summed E-state index contributed by atoms with van der Waals surface area (Å²) < 4.78 is 38.4. The fourth-order valence-electron chi connectivity index (χ4n) is 2.00. The van der Waals surface area contributed by atoms with Gasteiger partial charge in [-0.25, -0.2) is 0 Å². The predicted molar refractivity (Wildman–Crippen MR) is 76.1 cm³/mol. The van der Waals surface area contributed by atoms with Gasteiger partial charge in [0.2, 0.25) is 0 Å². The van der Waals surface area contributed by atoms with Gasteiger partial charge in [0.15, 0.2) is 0 Å². The Bertz CT molecular complexity index is 641. The largest absolute Gasteiger partial charge is 0.416 e. The minimum absolute atomic E-state index is 0.0764. The van der Waals surface area contributed by atoms with Gasteiger partial charge in [0, 0.05) is 5.69 Å². The first kappa shape index (κ1) is 14.8. The second-order valence-corrected chi connectivity index (χ2v) is 5.03. The number of aryl methyl sites for hydroxylation is 1. The van der Waals surface area contributed by atoms with Crippen LogP contribution in [0, 0.1) is 4.64 Å². The summed E-state index contributed by atoms with van der Waals surface area (Å²) in [5.41, 5.74) is 1.52. The van der Waals surface area contributed by atoms with E-state index in [1.807, 2.05) is 24.3 Å². The maximum absolute atomic E-state index is 12.8. The van der Waals surface area contributed by atoms with Gasteiger partial charge in [-0.3, -0.25) is 0 Å². The number of hydrogen-bond donors (Lipinski definition) is 1. The number of hydrogen-bond acceptors (Lipinski definition) is 1. The van der Waals surface area contributed by atoms with Crippen LogP contribution in [0.4, 0.5) is 13.2 Å². The lowest BCUT2D eigenvalue weighted by atomic mass is 10.0. The van der Waals surface area contributed by atoms with Crippen LogP contribution in [0.25, 0.3) is 11.3 Å². The summed E-state index contributed by atoms with van der Waals surface area (Å²) in [6.07, 6.45) is -2.40. The van der Waals surface area contributed by atoms with E-state index in [1.54, 1.807) is 0 Å². The molecule has 0 radical (unpaired) electrons. The first-order valence-electron chi connectivity index (χ1n) is 6.31. The van der Waals surface area contributed by atoms with Gasteiger partial charge < -0.3 is 4.98 Å². The van der Waals surface area contributed by atoms with E-state index in [1.165, 1.54) is 5.56 Å². The number of aromatic amines is 1. The molecule has 0 saturated heterocycles. The Labute approximate surface area is 120 Å². The first-order chi connectivity index (χ1) is 9.40. The van der Waals surface area contributed by atoms with Crippen molar-refractivity contribution in [2.24, 2.45) is 0 Å². The zero-order chi connectivity index (χ0) is 14.8. The van der Waals surface area contributed by atoms with Crippen molar-refractivity contribution >= 4 is 12.2 Å². The van der Waals surface area contributed by atoms with Crippen molar-refractivity contribution in [3.8, 4) is 11.3 Å². The summed E-state index contributed by atoms with van der Waals surface area (Å²) >= 11 is 4.87. The zero-order valence-corrected chi connectivity index (χ0v) is 11.7. The number of aromatic nitrogens is 1. The third-order valence-electron chi connectivity index (χ3n) is 2.98. The van der Waals surface area contributed by atoms with Crippen LogP contribution in [0.5, 0.6) is 0 Å². The second kappa shape index (κ2) is 5.79. The fourth-order valence-corrected chi connectivity index (χ4v) is 2.24. The van der Waals surface area contributed by atoms with Crippen molar-refractivity contribution in [3.63, 3.8) is 0 Å². The zero-order valence-electron chi connectivity index (χ0n) is 10.9. The molecule has 0 aliphatic carbocycles.